The maximum absolute atomic E-state index is 12.5. The number of fused-ring (bicyclic) bond motifs is 1. The molecule has 0 bridgehead atoms. The van der Waals surface area contributed by atoms with E-state index in [1.54, 1.807) is 21.3 Å². The van der Waals surface area contributed by atoms with Crippen molar-refractivity contribution in [3.63, 3.8) is 0 Å². The first-order chi connectivity index (χ1) is 16.4. The SMILES string of the molecule is CNC(=O)N1CCc2cc(OC)c(OC)cc2C(c2ccc(N(C)C3CCN(C)CC3)cc2)=N1. The highest BCUT2D eigenvalue weighted by Crippen LogP contribution is 2.34. The van der Waals surface area contributed by atoms with Crippen molar-refractivity contribution < 1.29 is 14.3 Å². The van der Waals surface area contributed by atoms with Crippen molar-refractivity contribution in [1.29, 1.82) is 0 Å². The van der Waals surface area contributed by atoms with Gasteiger partial charge in [0.05, 0.1) is 26.5 Å². The average Bonchev–Trinajstić information content (AvgIpc) is 3.07. The number of nitrogens with one attached hydrogen (secondary N) is 1. The summed E-state index contributed by atoms with van der Waals surface area (Å²) in [6.07, 6.45) is 2.99. The van der Waals surface area contributed by atoms with Crippen molar-refractivity contribution in [2.75, 3.05) is 59.9 Å². The molecular weight excluding hydrogens is 430 g/mol. The lowest BCUT2D eigenvalue weighted by Crippen LogP contribution is -2.41. The van der Waals surface area contributed by atoms with Crippen molar-refractivity contribution >= 4 is 17.4 Å². The molecule has 2 aliphatic heterocycles. The summed E-state index contributed by atoms with van der Waals surface area (Å²) in [6.45, 7) is 2.73. The van der Waals surface area contributed by atoms with Gasteiger partial charge in [0.1, 0.15) is 0 Å². The normalized spacial score (nSPS) is 16.9. The first-order valence-corrected chi connectivity index (χ1v) is 11.8. The molecule has 0 saturated carbocycles. The Balaban J connectivity index is 1.70. The molecule has 0 unspecified atom stereocenters. The molecule has 182 valence electrons. The zero-order chi connectivity index (χ0) is 24.2. The molecule has 0 aromatic heterocycles. The number of hydrazone groups is 1. The molecule has 2 aliphatic rings. The fourth-order valence-electron chi connectivity index (χ4n) is 4.74. The highest BCUT2D eigenvalue weighted by atomic mass is 16.5. The Morgan fingerprint density at radius 3 is 2.32 bits per heavy atom. The summed E-state index contributed by atoms with van der Waals surface area (Å²) < 4.78 is 11.1. The standard InChI is InChI=1S/C26H35N5O3/c1-27-26(32)31-15-10-19-16-23(33-4)24(34-5)17-22(19)25(28-31)18-6-8-20(9-7-18)30(3)21-11-13-29(2)14-12-21/h6-9,16-17,21H,10-15H2,1-5H3,(H,27,32). The first-order valence-electron chi connectivity index (χ1n) is 11.8. The molecule has 4 rings (SSSR count). The van der Waals surface area contributed by atoms with E-state index in [0.29, 0.717) is 30.5 Å². The fraction of sp³-hybridized carbons (Fsp3) is 0.462. The Hall–Kier alpha value is -3.26. The van der Waals surface area contributed by atoms with Crippen molar-refractivity contribution in [2.45, 2.75) is 25.3 Å². The number of benzene rings is 2. The lowest BCUT2D eigenvalue weighted by atomic mass is 9.95. The van der Waals surface area contributed by atoms with Crippen molar-refractivity contribution in [3.8, 4) is 11.5 Å². The zero-order valence-corrected chi connectivity index (χ0v) is 20.8. The molecule has 8 nitrogen and oxygen atoms in total. The monoisotopic (exact) mass is 465 g/mol. The summed E-state index contributed by atoms with van der Waals surface area (Å²) >= 11 is 0. The Kier molecular flexibility index (Phi) is 7.26. The minimum absolute atomic E-state index is 0.233. The number of anilines is 1. The van der Waals surface area contributed by atoms with E-state index in [0.717, 1.165) is 48.3 Å². The van der Waals surface area contributed by atoms with Gasteiger partial charge in [-0.15, -0.1) is 0 Å². The summed E-state index contributed by atoms with van der Waals surface area (Å²) in [4.78, 5) is 17.2. The number of hydrogen-bond donors (Lipinski definition) is 1. The van der Waals surface area contributed by atoms with E-state index in [4.69, 9.17) is 14.6 Å². The molecule has 0 radical (unpaired) electrons. The van der Waals surface area contributed by atoms with Crippen LogP contribution in [-0.2, 0) is 6.42 Å². The molecule has 1 N–H and O–H groups in total. The van der Waals surface area contributed by atoms with Crippen LogP contribution in [0.5, 0.6) is 11.5 Å². The summed E-state index contributed by atoms with van der Waals surface area (Å²) in [5.74, 6) is 1.31. The third kappa shape index (κ3) is 4.82. The largest absolute Gasteiger partial charge is 0.493 e. The van der Waals surface area contributed by atoms with Gasteiger partial charge in [0.15, 0.2) is 11.5 Å². The van der Waals surface area contributed by atoms with Gasteiger partial charge in [-0.2, -0.15) is 5.10 Å². The maximum atomic E-state index is 12.5. The Morgan fingerprint density at radius 2 is 1.71 bits per heavy atom. The van der Waals surface area contributed by atoms with Crippen LogP contribution in [-0.4, -0.2) is 82.7 Å². The van der Waals surface area contributed by atoms with Gasteiger partial charge in [0, 0.05) is 37.0 Å². The molecule has 0 atom stereocenters. The first kappa shape index (κ1) is 23.9. The van der Waals surface area contributed by atoms with E-state index in [-0.39, 0.29) is 6.03 Å². The molecule has 2 aromatic carbocycles. The Bertz CT molecular complexity index is 1050. The second-order valence-electron chi connectivity index (χ2n) is 8.93. The number of urea groups is 1. The minimum atomic E-state index is -0.233. The van der Waals surface area contributed by atoms with Gasteiger partial charge in [-0.1, -0.05) is 12.1 Å². The quantitative estimate of drug-likeness (QED) is 0.735. The molecule has 2 heterocycles. The van der Waals surface area contributed by atoms with E-state index < -0.39 is 0 Å². The van der Waals surface area contributed by atoms with Crippen LogP contribution in [0, 0.1) is 0 Å². The second-order valence-corrected chi connectivity index (χ2v) is 8.93. The van der Waals surface area contributed by atoms with Crippen molar-refractivity contribution in [1.82, 2.24) is 15.2 Å². The molecule has 0 spiro atoms. The van der Waals surface area contributed by atoms with E-state index in [1.807, 2.05) is 12.1 Å². The summed E-state index contributed by atoms with van der Waals surface area (Å²) in [5, 5.41) is 8.97. The van der Waals surface area contributed by atoms with Crippen LogP contribution in [0.2, 0.25) is 0 Å². The van der Waals surface area contributed by atoms with Crippen LogP contribution in [0.4, 0.5) is 10.5 Å². The fourth-order valence-corrected chi connectivity index (χ4v) is 4.74. The van der Waals surface area contributed by atoms with Gasteiger partial charge in [0.2, 0.25) is 0 Å². The predicted octanol–water partition coefficient (Wildman–Crippen LogP) is 3.18. The number of rotatable bonds is 5. The smallest absolute Gasteiger partial charge is 0.337 e. The van der Waals surface area contributed by atoms with Gasteiger partial charge < -0.3 is 24.6 Å². The predicted molar refractivity (Wildman–Crippen MR) is 135 cm³/mol. The highest BCUT2D eigenvalue weighted by Gasteiger charge is 2.25. The summed E-state index contributed by atoms with van der Waals surface area (Å²) in [7, 11) is 9.24. The number of amides is 2. The van der Waals surface area contributed by atoms with E-state index >= 15 is 0 Å². The average molecular weight is 466 g/mol. The number of carbonyl (C=O) groups excluding carboxylic acids is 1. The summed E-state index contributed by atoms with van der Waals surface area (Å²) in [5.41, 5.74) is 4.88. The van der Waals surface area contributed by atoms with E-state index in [1.165, 1.54) is 10.7 Å². The third-order valence-electron chi connectivity index (χ3n) is 6.91. The molecular formula is C26H35N5O3. The van der Waals surface area contributed by atoms with Crippen LogP contribution in [0.15, 0.2) is 41.5 Å². The van der Waals surface area contributed by atoms with Crippen LogP contribution >= 0.6 is 0 Å². The van der Waals surface area contributed by atoms with Gasteiger partial charge in [-0.3, -0.25) is 0 Å². The van der Waals surface area contributed by atoms with Crippen LogP contribution in [0.1, 0.15) is 29.5 Å². The topological polar surface area (TPSA) is 69.6 Å². The molecule has 1 saturated heterocycles. The number of piperidine rings is 1. The number of hydrogen-bond acceptors (Lipinski definition) is 6. The lowest BCUT2D eigenvalue weighted by molar-refractivity contribution is 0.203. The van der Waals surface area contributed by atoms with Crippen molar-refractivity contribution in [2.24, 2.45) is 5.10 Å². The molecule has 34 heavy (non-hydrogen) atoms. The van der Waals surface area contributed by atoms with Gasteiger partial charge in [0.25, 0.3) is 0 Å². The number of nitrogens with zero attached hydrogens (tertiary/aromatic N) is 4. The molecule has 2 aromatic rings. The second kappa shape index (κ2) is 10.3. The maximum Gasteiger partial charge on any atom is 0.337 e. The molecule has 2 amide bonds. The molecule has 1 fully saturated rings. The van der Waals surface area contributed by atoms with E-state index in [2.05, 4.69) is 53.5 Å². The highest BCUT2D eigenvalue weighted by molar-refractivity contribution is 6.14. The van der Waals surface area contributed by atoms with Gasteiger partial charge in [-0.25, -0.2) is 9.80 Å². The zero-order valence-electron chi connectivity index (χ0n) is 20.8. The van der Waals surface area contributed by atoms with Crippen LogP contribution in [0.3, 0.4) is 0 Å². The number of likely N-dealkylation sites (tertiary alicyclic amines) is 1. The van der Waals surface area contributed by atoms with E-state index in [9.17, 15) is 4.79 Å². The Labute approximate surface area is 202 Å². The minimum Gasteiger partial charge on any atom is -0.493 e. The van der Waals surface area contributed by atoms with Crippen molar-refractivity contribution in [3.05, 3.63) is 53.1 Å². The third-order valence-corrected chi connectivity index (χ3v) is 6.91. The van der Waals surface area contributed by atoms with Crippen LogP contribution < -0.4 is 19.7 Å². The number of carbonyl (C=O) groups is 1. The number of ether oxygens (including phenoxy) is 2. The van der Waals surface area contributed by atoms with Gasteiger partial charge in [-0.05, 0) is 69.2 Å². The number of methoxy groups -OCH3 is 2. The summed E-state index contributed by atoms with van der Waals surface area (Å²) in [6, 6.07) is 12.7. The molecule has 8 heteroatoms. The van der Waals surface area contributed by atoms with Crippen LogP contribution in [0.25, 0.3) is 0 Å². The van der Waals surface area contributed by atoms with Gasteiger partial charge >= 0.3 is 6.03 Å². The lowest BCUT2D eigenvalue weighted by Gasteiger charge is -2.36. The Morgan fingerprint density at radius 1 is 1.06 bits per heavy atom. The molecule has 0 aliphatic carbocycles.